The van der Waals surface area contributed by atoms with Crippen LogP contribution in [0.4, 0.5) is 5.69 Å². The van der Waals surface area contributed by atoms with Crippen LogP contribution in [0.3, 0.4) is 0 Å². The molecule has 2 fully saturated rings. The molecule has 3 rings (SSSR count). The maximum atomic E-state index is 9.41. The Hall–Kier alpha value is -0.890. The zero-order valence-electron chi connectivity index (χ0n) is 10.5. The van der Waals surface area contributed by atoms with Gasteiger partial charge in [0.05, 0.1) is 5.02 Å². The van der Waals surface area contributed by atoms with Gasteiger partial charge < -0.3 is 10.4 Å². The molecule has 2 unspecified atom stereocenters. The number of anilines is 1. The van der Waals surface area contributed by atoms with Crippen LogP contribution in [0.25, 0.3) is 0 Å². The molecule has 0 heterocycles. The Morgan fingerprint density at radius 1 is 1.11 bits per heavy atom. The van der Waals surface area contributed by atoms with E-state index >= 15 is 0 Å². The van der Waals surface area contributed by atoms with Gasteiger partial charge in [-0.1, -0.05) is 24.4 Å². The average molecular weight is 266 g/mol. The number of aromatic hydroxyl groups is 1. The molecule has 0 aliphatic heterocycles. The Balaban J connectivity index is 1.62. The molecule has 2 saturated carbocycles. The third-order valence-corrected chi connectivity index (χ3v) is 4.62. The van der Waals surface area contributed by atoms with Crippen molar-refractivity contribution in [1.82, 2.24) is 0 Å². The number of halogens is 1. The molecule has 0 bridgehead atoms. The van der Waals surface area contributed by atoms with Gasteiger partial charge in [0.15, 0.2) is 0 Å². The second kappa shape index (κ2) is 5.00. The van der Waals surface area contributed by atoms with Crippen molar-refractivity contribution >= 4 is 17.3 Å². The van der Waals surface area contributed by atoms with E-state index in [4.69, 9.17) is 11.6 Å². The van der Waals surface area contributed by atoms with E-state index in [1.165, 1.54) is 38.5 Å². The number of hydrogen-bond donors (Lipinski definition) is 2. The minimum Gasteiger partial charge on any atom is -0.506 e. The molecule has 2 N–H and O–H groups in total. The van der Waals surface area contributed by atoms with Crippen LogP contribution in [0.1, 0.15) is 38.5 Å². The minimum atomic E-state index is 0.154. The van der Waals surface area contributed by atoms with Crippen LogP contribution >= 0.6 is 11.6 Å². The lowest BCUT2D eigenvalue weighted by molar-refractivity contribution is 0.303. The maximum absolute atomic E-state index is 9.41. The van der Waals surface area contributed by atoms with Gasteiger partial charge in [0.1, 0.15) is 5.75 Å². The molecule has 0 aromatic heterocycles. The topological polar surface area (TPSA) is 32.3 Å². The van der Waals surface area contributed by atoms with Crippen molar-refractivity contribution in [2.45, 2.75) is 44.6 Å². The summed E-state index contributed by atoms with van der Waals surface area (Å²) in [6.07, 6.45) is 8.19. The summed E-state index contributed by atoms with van der Waals surface area (Å²) in [5, 5.41) is 13.4. The van der Waals surface area contributed by atoms with Gasteiger partial charge in [0.2, 0.25) is 0 Å². The zero-order chi connectivity index (χ0) is 12.5. The summed E-state index contributed by atoms with van der Waals surface area (Å²) < 4.78 is 0. The Morgan fingerprint density at radius 2 is 1.94 bits per heavy atom. The SMILES string of the molecule is Oc1ccc(NC2CCCC(C3CC3)C2)cc1Cl. The Labute approximate surface area is 113 Å². The Bertz CT molecular complexity index is 431. The minimum absolute atomic E-state index is 0.154. The number of phenolic OH excluding ortho intramolecular Hbond substituents is 1. The normalized spacial score (nSPS) is 28.1. The molecule has 3 heteroatoms. The summed E-state index contributed by atoms with van der Waals surface area (Å²) in [4.78, 5) is 0. The first kappa shape index (κ1) is 12.2. The fourth-order valence-corrected chi connectivity index (χ4v) is 3.37. The molecular formula is C15H20ClNO. The highest BCUT2D eigenvalue weighted by atomic mass is 35.5. The number of phenols is 1. The van der Waals surface area contributed by atoms with Crippen molar-refractivity contribution < 1.29 is 5.11 Å². The van der Waals surface area contributed by atoms with Crippen LogP contribution in [-0.4, -0.2) is 11.1 Å². The maximum Gasteiger partial charge on any atom is 0.134 e. The van der Waals surface area contributed by atoms with Crippen LogP contribution in [0.2, 0.25) is 5.02 Å². The molecule has 2 aliphatic rings. The molecule has 1 aromatic carbocycles. The Morgan fingerprint density at radius 3 is 2.67 bits per heavy atom. The molecule has 0 saturated heterocycles. The summed E-state index contributed by atoms with van der Waals surface area (Å²) in [6.45, 7) is 0. The van der Waals surface area contributed by atoms with Gasteiger partial charge in [0.25, 0.3) is 0 Å². The molecular weight excluding hydrogens is 246 g/mol. The van der Waals surface area contributed by atoms with Crippen molar-refractivity contribution in [2.75, 3.05) is 5.32 Å². The summed E-state index contributed by atoms with van der Waals surface area (Å²) in [6, 6.07) is 5.95. The van der Waals surface area contributed by atoms with E-state index in [1.54, 1.807) is 6.07 Å². The quantitative estimate of drug-likeness (QED) is 0.793. The van der Waals surface area contributed by atoms with E-state index < -0.39 is 0 Å². The fourth-order valence-electron chi connectivity index (χ4n) is 3.19. The lowest BCUT2D eigenvalue weighted by Crippen LogP contribution is -2.28. The van der Waals surface area contributed by atoms with E-state index in [2.05, 4.69) is 5.32 Å². The summed E-state index contributed by atoms with van der Waals surface area (Å²) in [5.41, 5.74) is 1.03. The first-order valence-electron chi connectivity index (χ1n) is 6.97. The van der Waals surface area contributed by atoms with Crippen LogP contribution in [0.5, 0.6) is 5.75 Å². The second-order valence-corrected chi connectivity index (χ2v) is 6.18. The first-order valence-corrected chi connectivity index (χ1v) is 7.35. The number of benzene rings is 1. The summed E-state index contributed by atoms with van der Waals surface area (Å²) in [7, 11) is 0. The van der Waals surface area contributed by atoms with Crippen molar-refractivity contribution in [1.29, 1.82) is 0 Å². The first-order chi connectivity index (χ1) is 8.72. The van der Waals surface area contributed by atoms with E-state index in [9.17, 15) is 5.11 Å². The number of hydrogen-bond acceptors (Lipinski definition) is 2. The largest absolute Gasteiger partial charge is 0.506 e. The fraction of sp³-hybridized carbons (Fsp3) is 0.600. The second-order valence-electron chi connectivity index (χ2n) is 5.77. The lowest BCUT2D eigenvalue weighted by atomic mass is 9.82. The van der Waals surface area contributed by atoms with Gasteiger partial charge in [-0.15, -0.1) is 0 Å². The van der Waals surface area contributed by atoms with Crippen LogP contribution in [0.15, 0.2) is 18.2 Å². The highest BCUT2D eigenvalue weighted by Crippen LogP contribution is 2.44. The molecule has 0 amide bonds. The van der Waals surface area contributed by atoms with Gasteiger partial charge in [-0.2, -0.15) is 0 Å². The van der Waals surface area contributed by atoms with Gasteiger partial charge in [-0.25, -0.2) is 0 Å². The number of rotatable bonds is 3. The van der Waals surface area contributed by atoms with Crippen LogP contribution in [-0.2, 0) is 0 Å². The van der Waals surface area contributed by atoms with Gasteiger partial charge in [-0.05, 0) is 55.7 Å². The standard InChI is InChI=1S/C15H20ClNO/c16-14-9-13(6-7-15(14)18)17-12-3-1-2-11(8-12)10-4-5-10/h6-7,9-12,17-18H,1-5,8H2. The predicted molar refractivity (Wildman–Crippen MR) is 75.2 cm³/mol. The molecule has 2 atom stereocenters. The molecule has 1 aromatic rings. The third-order valence-electron chi connectivity index (χ3n) is 4.32. The smallest absolute Gasteiger partial charge is 0.134 e. The van der Waals surface area contributed by atoms with Crippen molar-refractivity contribution in [3.8, 4) is 5.75 Å². The predicted octanol–water partition coefficient (Wildman–Crippen LogP) is 4.43. The van der Waals surface area contributed by atoms with E-state index in [0.717, 1.165) is 17.5 Å². The molecule has 0 radical (unpaired) electrons. The van der Waals surface area contributed by atoms with E-state index in [0.29, 0.717) is 11.1 Å². The zero-order valence-corrected chi connectivity index (χ0v) is 11.3. The number of nitrogens with one attached hydrogen (secondary N) is 1. The van der Waals surface area contributed by atoms with Crippen molar-refractivity contribution in [3.05, 3.63) is 23.2 Å². The van der Waals surface area contributed by atoms with Crippen LogP contribution in [0, 0.1) is 11.8 Å². The van der Waals surface area contributed by atoms with Crippen molar-refractivity contribution in [2.24, 2.45) is 11.8 Å². The molecule has 0 spiro atoms. The average Bonchev–Trinajstić information content (AvgIpc) is 3.18. The monoisotopic (exact) mass is 265 g/mol. The van der Waals surface area contributed by atoms with Gasteiger partial charge in [-0.3, -0.25) is 0 Å². The highest BCUT2D eigenvalue weighted by molar-refractivity contribution is 6.32. The van der Waals surface area contributed by atoms with E-state index in [-0.39, 0.29) is 5.75 Å². The lowest BCUT2D eigenvalue weighted by Gasteiger charge is -2.30. The van der Waals surface area contributed by atoms with E-state index in [1.807, 2.05) is 12.1 Å². The molecule has 98 valence electrons. The molecule has 2 aliphatic carbocycles. The van der Waals surface area contributed by atoms with Crippen LogP contribution < -0.4 is 5.32 Å². The summed E-state index contributed by atoms with van der Waals surface area (Å²) in [5.74, 6) is 2.10. The molecule has 18 heavy (non-hydrogen) atoms. The van der Waals surface area contributed by atoms with Gasteiger partial charge in [0, 0.05) is 11.7 Å². The van der Waals surface area contributed by atoms with Gasteiger partial charge >= 0.3 is 0 Å². The highest BCUT2D eigenvalue weighted by Gasteiger charge is 2.34. The third kappa shape index (κ3) is 2.74. The summed E-state index contributed by atoms with van der Waals surface area (Å²) >= 11 is 5.93. The Kier molecular flexibility index (Phi) is 3.38. The van der Waals surface area contributed by atoms with Crippen molar-refractivity contribution in [3.63, 3.8) is 0 Å². The molecule has 2 nitrogen and oxygen atoms in total.